The fourth-order valence-electron chi connectivity index (χ4n) is 2.26. The Labute approximate surface area is 144 Å². The van der Waals surface area contributed by atoms with E-state index in [1.165, 1.54) is 18.5 Å². The molecule has 1 amide bonds. The zero-order valence-corrected chi connectivity index (χ0v) is 13.6. The van der Waals surface area contributed by atoms with Gasteiger partial charge >= 0.3 is 0 Å². The van der Waals surface area contributed by atoms with Gasteiger partial charge in [0.1, 0.15) is 30.8 Å². The van der Waals surface area contributed by atoms with Gasteiger partial charge in [0.2, 0.25) is 0 Å². The van der Waals surface area contributed by atoms with E-state index in [0.717, 1.165) is 5.69 Å². The number of ether oxygens (including phenoxy) is 1. The number of nitrogens with one attached hydrogen (secondary N) is 1. The third-order valence-electron chi connectivity index (χ3n) is 3.47. The molecule has 0 saturated carbocycles. The van der Waals surface area contributed by atoms with Crippen molar-refractivity contribution in [3.05, 3.63) is 72.6 Å². The van der Waals surface area contributed by atoms with Crippen LogP contribution in [0.2, 0.25) is 0 Å². The number of benzene rings is 2. The fourth-order valence-corrected chi connectivity index (χ4v) is 2.26. The summed E-state index contributed by atoms with van der Waals surface area (Å²) in [7, 11) is 0. The van der Waals surface area contributed by atoms with Crippen molar-refractivity contribution in [2.24, 2.45) is 0 Å². The number of halogens is 1. The summed E-state index contributed by atoms with van der Waals surface area (Å²) in [5.74, 6) is -0.161. The number of hydrogen-bond acceptors (Lipinski definition) is 4. The highest BCUT2D eigenvalue weighted by Crippen LogP contribution is 2.12. The molecule has 0 aliphatic heterocycles. The summed E-state index contributed by atoms with van der Waals surface area (Å²) in [4.78, 5) is 16.3. The van der Waals surface area contributed by atoms with Gasteiger partial charge in [-0.1, -0.05) is 12.1 Å². The minimum Gasteiger partial charge on any atom is -0.491 e. The Morgan fingerprint density at radius 3 is 2.88 bits per heavy atom. The van der Waals surface area contributed by atoms with E-state index in [0.29, 0.717) is 11.3 Å². The lowest BCUT2D eigenvalue weighted by Gasteiger charge is -2.15. The average molecular weight is 340 g/mol. The Morgan fingerprint density at radius 2 is 2.12 bits per heavy atom. The van der Waals surface area contributed by atoms with Crippen LogP contribution < -0.4 is 10.1 Å². The highest BCUT2D eigenvalue weighted by molar-refractivity contribution is 5.94. The van der Waals surface area contributed by atoms with Gasteiger partial charge in [0.15, 0.2) is 0 Å². The monoisotopic (exact) mass is 340 g/mol. The quantitative estimate of drug-likeness (QED) is 0.749. The van der Waals surface area contributed by atoms with Crippen molar-refractivity contribution < 1.29 is 13.9 Å². The van der Waals surface area contributed by atoms with Gasteiger partial charge in [0, 0.05) is 11.6 Å². The van der Waals surface area contributed by atoms with Crippen molar-refractivity contribution in [2.75, 3.05) is 6.61 Å². The van der Waals surface area contributed by atoms with Crippen LogP contribution in [-0.4, -0.2) is 33.3 Å². The van der Waals surface area contributed by atoms with Crippen molar-refractivity contribution in [2.45, 2.75) is 13.0 Å². The minimum absolute atomic E-state index is 0.225. The van der Waals surface area contributed by atoms with Crippen LogP contribution in [0.5, 0.6) is 5.75 Å². The predicted molar refractivity (Wildman–Crippen MR) is 90.2 cm³/mol. The molecule has 0 spiro atoms. The summed E-state index contributed by atoms with van der Waals surface area (Å²) in [5, 5.41) is 6.89. The van der Waals surface area contributed by atoms with E-state index in [2.05, 4.69) is 15.4 Å². The number of aromatic nitrogens is 3. The standard InChI is InChI=1S/C18H17FN4O2/c1-13(10-25-17-7-3-5-15(19)9-17)22-18(24)14-4-2-6-16(8-14)23-12-20-11-21-23/h2-9,11-13H,10H2,1H3,(H,22,24)/t13-/m1/s1. The Morgan fingerprint density at radius 1 is 1.28 bits per heavy atom. The molecule has 25 heavy (non-hydrogen) atoms. The lowest BCUT2D eigenvalue weighted by molar-refractivity contribution is 0.0926. The first-order valence-electron chi connectivity index (χ1n) is 7.76. The Bertz CT molecular complexity index is 852. The molecule has 0 radical (unpaired) electrons. The lowest BCUT2D eigenvalue weighted by Crippen LogP contribution is -2.36. The summed E-state index contributed by atoms with van der Waals surface area (Å²) >= 11 is 0. The number of amides is 1. The van der Waals surface area contributed by atoms with Gasteiger partial charge in [-0.15, -0.1) is 0 Å². The summed E-state index contributed by atoms with van der Waals surface area (Å²) < 4.78 is 20.2. The molecule has 7 heteroatoms. The van der Waals surface area contributed by atoms with E-state index in [1.807, 2.05) is 13.0 Å². The SMILES string of the molecule is C[C@H](COc1cccc(F)c1)NC(=O)c1cccc(-n2cncn2)c1. The molecule has 3 aromatic rings. The summed E-state index contributed by atoms with van der Waals surface area (Å²) in [6, 6.07) is 12.7. The minimum atomic E-state index is -0.362. The van der Waals surface area contributed by atoms with Crippen LogP contribution in [0.3, 0.4) is 0 Å². The molecule has 2 aromatic carbocycles. The van der Waals surface area contributed by atoms with Crippen LogP contribution in [-0.2, 0) is 0 Å². The van der Waals surface area contributed by atoms with E-state index in [9.17, 15) is 9.18 Å². The molecule has 0 aliphatic rings. The van der Waals surface area contributed by atoms with Gasteiger partial charge in [0.05, 0.1) is 11.7 Å². The zero-order valence-electron chi connectivity index (χ0n) is 13.6. The zero-order chi connectivity index (χ0) is 17.6. The maximum absolute atomic E-state index is 13.1. The number of nitrogens with zero attached hydrogens (tertiary/aromatic N) is 3. The first-order valence-corrected chi connectivity index (χ1v) is 7.76. The predicted octanol–water partition coefficient (Wildman–Crippen LogP) is 2.60. The third-order valence-corrected chi connectivity index (χ3v) is 3.47. The van der Waals surface area contributed by atoms with Crippen molar-refractivity contribution in [1.29, 1.82) is 0 Å². The Balaban J connectivity index is 1.59. The number of hydrogen-bond donors (Lipinski definition) is 1. The molecule has 0 saturated heterocycles. The van der Waals surface area contributed by atoms with Crippen molar-refractivity contribution in [3.63, 3.8) is 0 Å². The molecule has 3 rings (SSSR count). The molecule has 128 valence electrons. The maximum Gasteiger partial charge on any atom is 0.251 e. The molecule has 0 aliphatic carbocycles. The smallest absolute Gasteiger partial charge is 0.251 e. The highest BCUT2D eigenvalue weighted by Gasteiger charge is 2.11. The maximum atomic E-state index is 13.1. The lowest BCUT2D eigenvalue weighted by atomic mass is 10.2. The number of carbonyl (C=O) groups is 1. The average Bonchev–Trinajstić information content (AvgIpc) is 3.15. The second-order valence-corrected chi connectivity index (χ2v) is 5.53. The summed E-state index contributed by atoms with van der Waals surface area (Å²) in [6.07, 6.45) is 2.99. The van der Waals surface area contributed by atoms with E-state index in [-0.39, 0.29) is 24.4 Å². The molecular weight excluding hydrogens is 323 g/mol. The number of rotatable bonds is 6. The number of carbonyl (C=O) groups excluding carboxylic acids is 1. The van der Waals surface area contributed by atoms with Crippen molar-refractivity contribution in [1.82, 2.24) is 20.1 Å². The molecule has 1 atom stereocenters. The van der Waals surface area contributed by atoms with E-state index >= 15 is 0 Å². The highest BCUT2D eigenvalue weighted by atomic mass is 19.1. The topological polar surface area (TPSA) is 69.0 Å². The summed E-state index contributed by atoms with van der Waals surface area (Å²) in [5.41, 5.74) is 1.25. The van der Waals surface area contributed by atoms with E-state index < -0.39 is 0 Å². The van der Waals surface area contributed by atoms with Crippen LogP contribution in [0.4, 0.5) is 4.39 Å². The van der Waals surface area contributed by atoms with Gasteiger partial charge in [-0.25, -0.2) is 14.1 Å². The molecule has 0 unspecified atom stereocenters. The van der Waals surface area contributed by atoms with Crippen LogP contribution in [0.1, 0.15) is 17.3 Å². The van der Waals surface area contributed by atoms with Gasteiger partial charge in [-0.3, -0.25) is 4.79 Å². The van der Waals surface area contributed by atoms with Crippen LogP contribution in [0.25, 0.3) is 5.69 Å². The normalized spacial score (nSPS) is 11.8. The van der Waals surface area contributed by atoms with Gasteiger partial charge < -0.3 is 10.1 Å². The molecule has 1 N–H and O–H groups in total. The van der Waals surface area contributed by atoms with Gasteiger partial charge in [0.25, 0.3) is 5.91 Å². The third kappa shape index (κ3) is 4.41. The second kappa shape index (κ2) is 7.57. The first kappa shape index (κ1) is 16.6. The van der Waals surface area contributed by atoms with Crippen LogP contribution in [0.15, 0.2) is 61.2 Å². The molecule has 6 nitrogen and oxygen atoms in total. The first-order chi connectivity index (χ1) is 12.1. The van der Waals surface area contributed by atoms with Gasteiger partial charge in [-0.05, 0) is 37.3 Å². The molecule has 0 bridgehead atoms. The molecule has 1 aromatic heterocycles. The van der Waals surface area contributed by atoms with Crippen molar-refractivity contribution in [3.8, 4) is 11.4 Å². The molecule has 0 fully saturated rings. The van der Waals surface area contributed by atoms with E-state index in [4.69, 9.17) is 4.74 Å². The Hall–Kier alpha value is -3.22. The van der Waals surface area contributed by atoms with Crippen LogP contribution in [0, 0.1) is 5.82 Å². The van der Waals surface area contributed by atoms with Crippen LogP contribution >= 0.6 is 0 Å². The molecular formula is C18H17FN4O2. The summed E-state index contributed by atoms with van der Waals surface area (Å²) in [6.45, 7) is 2.05. The van der Waals surface area contributed by atoms with Gasteiger partial charge in [-0.2, -0.15) is 5.10 Å². The molecule has 1 heterocycles. The fraction of sp³-hybridized carbons (Fsp3) is 0.167. The largest absolute Gasteiger partial charge is 0.491 e. The second-order valence-electron chi connectivity index (χ2n) is 5.53. The Kier molecular flexibility index (Phi) is 5.03. The van der Waals surface area contributed by atoms with E-state index in [1.54, 1.807) is 41.3 Å². The van der Waals surface area contributed by atoms with Crippen molar-refractivity contribution >= 4 is 5.91 Å².